The van der Waals surface area contributed by atoms with Crippen LogP contribution in [0.4, 0.5) is 0 Å². The summed E-state index contributed by atoms with van der Waals surface area (Å²) in [5, 5.41) is 17.4. The fourth-order valence-electron chi connectivity index (χ4n) is 2.33. The van der Waals surface area contributed by atoms with Crippen molar-refractivity contribution < 1.29 is 20.0 Å². The fraction of sp³-hybridized carbons (Fsp3) is 0.909. The Balaban J connectivity index is 5.02. The van der Waals surface area contributed by atoms with Gasteiger partial charge in [-0.3, -0.25) is 0 Å². The average Bonchev–Trinajstić information content (AvgIpc) is 2.00. The van der Waals surface area contributed by atoms with Gasteiger partial charge in [0, 0.05) is 6.61 Å². The summed E-state index contributed by atoms with van der Waals surface area (Å²) in [6, 6.07) is 0. The van der Waals surface area contributed by atoms with E-state index in [1.807, 2.05) is 34.6 Å². The number of rotatable bonds is 4. The van der Waals surface area contributed by atoms with Crippen molar-refractivity contribution in [2.24, 2.45) is 16.7 Å². The van der Waals surface area contributed by atoms with Crippen molar-refractivity contribution >= 4 is 5.97 Å². The molecule has 0 aliphatic heterocycles. The first-order chi connectivity index (χ1) is 6.66. The second-order valence-electron chi connectivity index (χ2n) is 5.67. The summed E-state index contributed by atoms with van der Waals surface area (Å²) in [6.07, 6.45) is 0.490. The van der Waals surface area contributed by atoms with Gasteiger partial charge in [-0.15, -0.1) is 0 Å². The molecule has 0 aromatic carbocycles. The lowest BCUT2D eigenvalue weighted by Gasteiger charge is -2.39. The first kappa shape index (κ1) is 14.4. The Hall–Kier alpha value is -0.610. The van der Waals surface area contributed by atoms with Crippen LogP contribution in [0.3, 0.4) is 0 Å². The van der Waals surface area contributed by atoms with Crippen LogP contribution >= 0.6 is 0 Å². The predicted octanol–water partition coefficient (Wildman–Crippen LogP) is 2.07. The first-order valence-electron chi connectivity index (χ1n) is 5.13. The molecule has 0 rings (SSSR count). The molecule has 0 saturated carbocycles. The van der Waals surface area contributed by atoms with E-state index in [4.69, 9.17) is 10.4 Å². The largest absolute Gasteiger partial charge is 0.396 e. The molecule has 0 aromatic heterocycles. The summed E-state index contributed by atoms with van der Waals surface area (Å²) >= 11 is 0. The van der Waals surface area contributed by atoms with E-state index >= 15 is 0 Å². The average molecular weight is 218 g/mol. The highest BCUT2D eigenvalue weighted by atomic mass is 17.1. The van der Waals surface area contributed by atoms with Gasteiger partial charge >= 0.3 is 5.97 Å². The van der Waals surface area contributed by atoms with E-state index < -0.39 is 17.3 Å². The number of carbonyl (C=O) groups is 1. The molecule has 90 valence electrons. The first-order valence-corrected chi connectivity index (χ1v) is 5.13. The van der Waals surface area contributed by atoms with Crippen LogP contribution in [0, 0.1) is 16.7 Å². The van der Waals surface area contributed by atoms with Gasteiger partial charge in [-0.05, 0) is 17.3 Å². The van der Waals surface area contributed by atoms with Gasteiger partial charge in [-0.25, -0.2) is 4.79 Å². The molecule has 0 aliphatic carbocycles. The Kier molecular flexibility index (Phi) is 4.74. The van der Waals surface area contributed by atoms with Crippen molar-refractivity contribution in [2.75, 3.05) is 6.61 Å². The Morgan fingerprint density at radius 3 is 2.00 bits per heavy atom. The van der Waals surface area contributed by atoms with Crippen molar-refractivity contribution in [2.45, 2.75) is 41.0 Å². The SMILES string of the molecule is CC(C)(C)C(C(=O)OO)C(C)(C)CCO. The fourth-order valence-corrected chi connectivity index (χ4v) is 2.33. The molecule has 0 fully saturated rings. The lowest BCUT2D eigenvalue weighted by molar-refractivity contribution is -0.247. The Morgan fingerprint density at radius 2 is 1.73 bits per heavy atom. The van der Waals surface area contributed by atoms with E-state index in [1.165, 1.54) is 0 Å². The van der Waals surface area contributed by atoms with Crippen LogP contribution in [0.2, 0.25) is 0 Å². The van der Waals surface area contributed by atoms with Gasteiger partial charge in [-0.1, -0.05) is 34.6 Å². The van der Waals surface area contributed by atoms with E-state index in [2.05, 4.69) is 4.89 Å². The zero-order valence-electron chi connectivity index (χ0n) is 10.2. The summed E-state index contributed by atoms with van der Waals surface area (Å²) in [7, 11) is 0. The molecule has 0 radical (unpaired) electrons. The molecule has 0 aromatic rings. The second-order valence-corrected chi connectivity index (χ2v) is 5.67. The molecular weight excluding hydrogens is 196 g/mol. The quantitative estimate of drug-likeness (QED) is 0.560. The summed E-state index contributed by atoms with van der Waals surface area (Å²) in [5.74, 6) is -1.09. The van der Waals surface area contributed by atoms with Crippen molar-refractivity contribution in [3.63, 3.8) is 0 Å². The summed E-state index contributed by atoms with van der Waals surface area (Å²) < 4.78 is 0. The summed E-state index contributed by atoms with van der Waals surface area (Å²) in [4.78, 5) is 15.4. The van der Waals surface area contributed by atoms with Crippen LogP contribution in [0.15, 0.2) is 0 Å². The second kappa shape index (κ2) is 4.94. The normalized spacial score (nSPS) is 14.9. The maximum Gasteiger partial charge on any atom is 0.346 e. The molecule has 0 aliphatic rings. The minimum absolute atomic E-state index is 0.0122. The Labute approximate surface area is 91.2 Å². The third kappa shape index (κ3) is 3.80. The molecule has 0 spiro atoms. The molecule has 0 saturated heterocycles. The van der Waals surface area contributed by atoms with Crippen LogP contribution in [0.25, 0.3) is 0 Å². The predicted molar refractivity (Wildman–Crippen MR) is 57.1 cm³/mol. The van der Waals surface area contributed by atoms with Crippen molar-refractivity contribution in [3.8, 4) is 0 Å². The smallest absolute Gasteiger partial charge is 0.346 e. The number of aliphatic hydroxyl groups excluding tert-OH is 1. The third-order valence-electron chi connectivity index (χ3n) is 2.73. The lowest BCUT2D eigenvalue weighted by atomic mass is 9.64. The van der Waals surface area contributed by atoms with Gasteiger partial charge in [0.25, 0.3) is 0 Å². The maximum absolute atomic E-state index is 11.5. The monoisotopic (exact) mass is 218 g/mol. The number of hydrogen-bond acceptors (Lipinski definition) is 4. The molecule has 1 unspecified atom stereocenters. The maximum atomic E-state index is 11.5. The zero-order valence-corrected chi connectivity index (χ0v) is 10.2. The van der Waals surface area contributed by atoms with Crippen LogP contribution in [-0.4, -0.2) is 22.9 Å². The van der Waals surface area contributed by atoms with Crippen LogP contribution in [-0.2, 0) is 9.68 Å². The van der Waals surface area contributed by atoms with Gasteiger partial charge in [0.1, 0.15) is 0 Å². The van der Waals surface area contributed by atoms with Gasteiger partial charge in [0.05, 0.1) is 5.92 Å². The summed E-state index contributed by atoms with van der Waals surface area (Å²) in [5.41, 5.74) is -0.731. The van der Waals surface area contributed by atoms with E-state index in [1.54, 1.807) is 0 Å². The van der Waals surface area contributed by atoms with Gasteiger partial charge in [0.15, 0.2) is 0 Å². The molecular formula is C11H22O4. The Bertz CT molecular complexity index is 215. The topological polar surface area (TPSA) is 66.8 Å². The van der Waals surface area contributed by atoms with Crippen molar-refractivity contribution in [1.29, 1.82) is 0 Å². The van der Waals surface area contributed by atoms with E-state index in [-0.39, 0.29) is 12.0 Å². The van der Waals surface area contributed by atoms with Crippen LogP contribution in [0.5, 0.6) is 0 Å². The third-order valence-corrected chi connectivity index (χ3v) is 2.73. The molecule has 1 atom stereocenters. The number of aliphatic hydroxyl groups is 1. The van der Waals surface area contributed by atoms with Crippen LogP contribution in [0.1, 0.15) is 41.0 Å². The molecule has 0 amide bonds. The van der Waals surface area contributed by atoms with Gasteiger partial charge in [-0.2, -0.15) is 5.26 Å². The van der Waals surface area contributed by atoms with E-state index in [0.717, 1.165) is 0 Å². The standard InChI is InChI=1S/C11H22O4/c1-10(2,3)8(9(13)15-14)11(4,5)6-7-12/h8,12,14H,6-7H2,1-5H3. The molecule has 0 heterocycles. The molecule has 4 heteroatoms. The molecule has 15 heavy (non-hydrogen) atoms. The highest BCUT2D eigenvalue weighted by molar-refractivity contribution is 5.73. The van der Waals surface area contributed by atoms with Gasteiger partial charge < -0.3 is 9.99 Å². The Morgan fingerprint density at radius 1 is 1.27 bits per heavy atom. The van der Waals surface area contributed by atoms with Crippen molar-refractivity contribution in [3.05, 3.63) is 0 Å². The zero-order chi connectivity index (χ0) is 12.3. The molecule has 4 nitrogen and oxygen atoms in total. The lowest BCUT2D eigenvalue weighted by Crippen LogP contribution is -2.41. The highest BCUT2D eigenvalue weighted by Crippen LogP contribution is 2.42. The number of hydrogen-bond donors (Lipinski definition) is 2. The minimum Gasteiger partial charge on any atom is -0.396 e. The van der Waals surface area contributed by atoms with Crippen molar-refractivity contribution in [1.82, 2.24) is 0 Å². The van der Waals surface area contributed by atoms with Gasteiger partial charge in [0.2, 0.25) is 0 Å². The molecule has 2 N–H and O–H groups in total. The molecule has 0 bridgehead atoms. The van der Waals surface area contributed by atoms with Crippen LogP contribution < -0.4 is 0 Å². The summed E-state index contributed by atoms with van der Waals surface area (Å²) in [6.45, 7) is 9.51. The van der Waals surface area contributed by atoms with E-state index in [0.29, 0.717) is 6.42 Å². The van der Waals surface area contributed by atoms with E-state index in [9.17, 15) is 4.79 Å². The highest BCUT2D eigenvalue weighted by Gasteiger charge is 2.44. The minimum atomic E-state index is -0.638. The number of carbonyl (C=O) groups excluding carboxylic acids is 1.